The molecule has 1 heterocycles. The molecule has 1 aliphatic rings. The van der Waals surface area contributed by atoms with Gasteiger partial charge in [0.15, 0.2) is 0 Å². The van der Waals surface area contributed by atoms with E-state index in [2.05, 4.69) is 21.2 Å². The zero-order valence-corrected chi connectivity index (χ0v) is 19.6. The molecule has 162 valence electrons. The number of benzene rings is 2. The average molecular weight is 495 g/mol. The van der Waals surface area contributed by atoms with E-state index in [0.717, 1.165) is 21.3 Å². The maximum Gasteiger partial charge on any atom is 0.243 e. The van der Waals surface area contributed by atoms with Crippen LogP contribution in [0.15, 0.2) is 51.8 Å². The Morgan fingerprint density at radius 3 is 2.57 bits per heavy atom. The number of sulfonamides is 1. The molecule has 0 atom stereocenters. The van der Waals surface area contributed by atoms with E-state index in [-0.39, 0.29) is 11.8 Å². The smallest absolute Gasteiger partial charge is 0.243 e. The largest absolute Gasteiger partial charge is 0.492 e. The van der Waals surface area contributed by atoms with Gasteiger partial charge in [0.1, 0.15) is 12.4 Å². The second-order valence-electron chi connectivity index (χ2n) is 7.54. The number of carbonyl (C=O) groups excluding carboxylic acids is 1. The molecule has 1 amide bonds. The third kappa shape index (κ3) is 5.62. The standard InChI is InChI=1S/C22H27BrN2O4S/c1-16-6-7-21(17(2)14-16)30(27,28)25-11-8-18(9-12-25)22(26)24-10-13-29-20-5-3-4-19(23)15-20/h3-7,14-15,18H,8-13H2,1-2H3,(H,24,26). The number of hydrogen-bond donors (Lipinski definition) is 1. The number of aryl methyl sites for hydroxylation is 2. The van der Waals surface area contributed by atoms with Gasteiger partial charge in [-0.1, -0.05) is 39.7 Å². The van der Waals surface area contributed by atoms with Crippen molar-refractivity contribution in [3.63, 3.8) is 0 Å². The molecule has 0 spiro atoms. The van der Waals surface area contributed by atoms with Crippen LogP contribution in [0.1, 0.15) is 24.0 Å². The Balaban J connectivity index is 1.47. The number of carbonyl (C=O) groups is 1. The molecule has 1 saturated heterocycles. The molecule has 0 bridgehead atoms. The van der Waals surface area contributed by atoms with Crippen LogP contribution in [0.5, 0.6) is 5.75 Å². The molecule has 1 fully saturated rings. The first-order chi connectivity index (χ1) is 14.3. The van der Waals surface area contributed by atoms with Crippen LogP contribution in [0.4, 0.5) is 0 Å². The number of rotatable bonds is 7. The fourth-order valence-electron chi connectivity index (χ4n) is 3.63. The van der Waals surface area contributed by atoms with Crippen molar-refractivity contribution in [2.45, 2.75) is 31.6 Å². The third-order valence-electron chi connectivity index (χ3n) is 5.24. The maximum atomic E-state index is 13.0. The highest BCUT2D eigenvalue weighted by atomic mass is 79.9. The molecule has 0 saturated carbocycles. The van der Waals surface area contributed by atoms with Crippen molar-refractivity contribution in [3.05, 3.63) is 58.1 Å². The normalized spacial score (nSPS) is 15.7. The molecule has 2 aromatic rings. The quantitative estimate of drug-likeness (QED) is 0.595. The van der Waals surface area contributed by atoms with Crippen LogP contribution in [0, 0.1) is 19.8 Å². The Labute approximate surface area is 186 Å². The van der Waals surface area contributed by atoms with Crippen molar-refractivity contribution in [1.29, 1.82) is 0 Å². The molecule has 0 radical (unpaired) electrons. The van der Waals surface area contributed by atoms with Gasteiger partial charge < -0.3 is 10.1 Å². The summed E-state index contributed by atoms with van der Waals surface area (Å²) in [6.45, 7) is 5.24. The van der Waals surface area contributed by atoms with Gasteiger partial charge in [-0.15, -0.1) is 0 Å². The number of nitrogens with one attached hydrogen (secondary N) is 1. The van der Waals surface area contributed by atoms with Crippen LogP contribution in [0.3, 0.4) is 0 Å². The summed E-state index contributed by atoms with van der Waals surface area (Å²) >= 11 is 3.39. The zero-order chi connectivity index (χ0) is 21.7. The van der Waals surface area contributed by atoms with Crippen LogP contribution in [0.2, 0.25) is 0 Å². The van der Waals surface area contributed by atoms with Crippen LogP contribution in [-0.4, -0.2) is 44.9 Å². The van der Waals surface area contributed by atoms with E-state index in [1.807, 2.05) is 50.2 Å². The second-order valence-corrected chi connectivity index (χ2v) is 10.4. The van der Waals surface area contributed by atoms with Gasteiger partial charge in [-0.3, -0.25) is 4.79 Å². The Morgan fingerprint density at radius 2 is 1.90 bits per heavy atom. The van der Waals surface area contributed by atoms with Crippen LogP contribution >= 0.6 is 15.9 Å². The minimum absolute atomic E-state index is 0.0450. The first-order valence-corrected chi connectivity index (χ1v) is 12.2. The fourth-order valence-corrected chi connectivity index (χ4v) is 5.68. The van der Waals surface area contributed by atoms with E-state index in [1.54, 1.807) is 6.07 Å². The van der Waals surface area contributed by atoms with Gasteiger partial charge in [0.2, 0.25) is 15.9 Å². The molecule has 2 aromatic carbocycles. The lowest BCUT2D eigenvalue weighted by Gasteiger charge is -2.31. The number of halogens is 1. The van der Waals surface area contributed by atoms with E-state index < -0.39 is 10.0 Å². The zero-order valence-electron chi connectivity index (χ0n) is 17.2. The maximum absolute atomic E-state index is 13.0. The summed E-state index contributed by atoms with van der Waals surface area (Å²) in [7, 11) is -3.54. The molecule has 3 rings (SSSR count). The Hall–Kier alpha value is -1.90. The summed E-state index contributed by atoms with van der Waals surface area (Å²) in [5.74, 6) is 0.515. The number of piperidine rings is 1. The number of amides is 1. The molecule has 0 aliphatic carbocycles. The van der Waals surface area contributed by atoms with Crippen molar-refractivity contribution < 1.29 is 17.9 Å². The van der Waals surface area contributed by atoms with Crippen molar-refractivity contribution >= 4 is 31.9 Å². The van der Waals surface area contributed by atoms with E-state index in [0.29, 0.717) is 44.0 Å². The highest BCUT2D eigenvalue weighted by molar-refractivity contribution is 9.10. The Morgan fingerprint density at radius 1 is 1.17 bits per heavy atom. The first kappa shape index (κ1) is 22.8. The highest BCUT2D eigenvalue weighted by Gasteiger charge is 2.32. The predicted octanol–water partition coefficient (Wildman–Crippen LogP) is 3.66. The van der Waals surface area contributed by atoms with Gasteiger partial charge in [0.05, 0.1) is 11.4 Å². The molecule has 1 aliphatic heterocycles. The predicted molar refractivity (Wildman–Crippen MR) is 120 cm³/mol. The number of nitrogens with zero attached hydrogens (tertiary/aromatic N) is 1. The molecule has 6 nitrogen and oxygen atoms in total. The summed E-state index contributed by atoms with van der Waals surface area (Å²) in [5.41, 5.74) is 1.78. The number of ether oxygens (including phenoxy) is 1. The summed E-state index contributed by atoms with van der Waals surface area (Å²) in [5, 5.41) is 2.89. The van der Waals surface area contributed by atoms with Gasteiger partial charge in [-0.05, 0) is 56.5 Å². The lowest BCUT2D eigenvalue weighted by molar-refractivity contribution is -0.126. The van der Waals surface area contributed by atoms with Gasteiger partial charge in [-0.25, -0.2) is 8.42 Å². The SMILES string of the molecule is Cc1ccc(S(=O)(=O)N2CCC(C(=O)NCCOc3cccc(Br)c3)CC2)c(C)c1. The van der Waals surface area contributed by atoms with Gasteiger partial charge >= 0.3 is 0 Å². The molecule has 30 heavy (non-hydrogen) atoms. The van der Waals surface area contributed by atoms with E-state index in [9.17, 15) is 13.2 Å². The van der Waals surface area contributed by atoms with Crippen molar-refractivity contribution in [2.24, 2.45) is 5.92 Å². The lowest BCUT2D eigenvalue weighted by Crippen LogP contribution is -2.43. The minimum atomic E-state index is -3.54. The third-order valence-corrected chi connectivity index (χ3v) is 7.79. The van der Waals surface area contributed by atoms with E-state index >= 15 is 0 Å². The summed E-state index contributed by atoms with van der Waals surface area (Å²) in [6, 6.07) is 12.9. The highest BCUT2D eigenvalue weighted by Crippen LogP contribution is 2.26. The summed E-state index contributed by atoms with van der Waals surface area (Å²) in [4.78, 5) is 12.8. The molecule has 0 unspecified atom stereocenters. The van der Waals surface area contributed by atoms with Gasteiger partial charge in [0.25, 0.3) is 0 Å². The van der Waals surface area contributed by atoms with Gasteiger partial charge in [0, 0.05) is 23.5 Å². The topological polar surface area (TPSA) is 75.7 Å². The minimum Gasteiger partial charge on any atom is -0.492 e. The first-order valence-electron chi connectivity index (χ1n) is 10.0. The Kier molecular flexibility index (Phi) is 7.55. The molecular formula is C22H27BrN2O4S. The summed E-state index contributed by atoms with van der Waals surface area (Å²) in [6.07, 6.45) is 1.03. The van der Waals surface area contributed by atoms with Crippen molar-refractivity contribution in [2.75, 3.05) is 26.2 Å². The number of hydrogen-bond acceptors (Lipinski definition) is 4. The van der Waals surface area contributed by atoms with E-state index in [4.69, 9.17) is 4.74 Å². The van der Waals surface area contributed by atoms with Crippen LogP contribution in [0.25, 0.3) is 0 Å². The summed E-state index contributed by atoms with van der Waals surface area (Å²) < 4.78 is 34.0. The fraction of sp³-hybridized carbons (Fsp3) is 0.409. The lowest BCUT2D eigenvalue weighted by atomic mass is 9.97. The van der Waals surface area contributed by atoms with E-state index in [1.165, 1.54) is 4.31 Å². The van der Waals surface area contributed by atoms with Crippen LogP contribution in [-0.2, 0) is 14.8 Å². The molecule has 0 aromatic heterocycles. The van der Waals surface area contributed by atoms with Crippen molar-refractivity contribution in [3.8, 4) is 5.75 Å². The molecular weight excluding hydrogens is 468 g/mol. The van der Waals surface area contributed by atoms with Crippen molar-refractivity contribution in [1.82, 2.24) is 9.62 Å². The Bertz CT molecular complexity index is 1000. The second kappa shape index (κ2) is 9.94. The molecule has 1 N–H and O–H groups in total. The molecule has 8 heteroatoms. The van der Waals surface area contributed by atoms with Gasteiger partial charge in [-0.2, -0.15) is 4.31 Å². The van der Waals surface area contributed by atoms with Crippen LogP contribution < -0.4 is 10.1 Å². The average Bonchev–Trinajstić information content (AvgIpc) is 2.71. The monoisotopic (exact) mass is 494 g/mol.